The van der Waals surface area contributed by atoms with Crippen molar-refractivity contribution in [1.82, 2.24) is 0 Å². The van der Waals surface area contributed by atoms with Crippen molar-refractivity contribution in [3.8, 4) is 0 Å². The Kier molecular flexibility index (Phi) is 3.68. The van der Waals surface area contributed by atoms with E-state index >= 15 is 0 Å². The summed E-state index contributed by atoms with van der Waals surface area (Å²) in [5, 5.41) is -0.304. The Hall–Kier alpha value is -2.28. The predicted octanol–water partition coefficient (Wildman–Crippen LogP) is 3.05. The first kappa shape index (κ1) is 15.6. The van der Waals surface area contributed by atoms with E-state index in [0.29, 0.717) is 0 Å². The zero-order chi connectivity index (χ0) is 16.8. The first-order valence-corrected chi connectivity index (χ1v) is 8.28. The second-order valence-corrected chi connectivity index (χ2v) is 6.66. The van der Waals surface area contributed by atoms with Crippen LogP contribution in [-0.2, 0) is 10.1 Å². The van der Waals surface area contributed by atoms with Crippen LogP contribution in [-0.4, -0.2) is 24.5 Å². The van der Waals surface area contributed by atoms with Crippen molar-refractivity contribution in [2.45, 2.75) is 4.90 Å². The zero-order valence-corrected chi connectivity index (χ0v) is 13.1. The molecule has 0 atom stereocenters. The molecule has 1 N–H and O–H groups in total. The number of carbonyl (C=O) groups is 2. The number of halogens is 1. The van der Waals surface area contributed by atoms with Crippen LogP contribution in [0.25, 0.3) is 5.57 Å². The topological polar surface area (TPSA) is 88.5 Å². The van der Waals surface area contributed by atoms with Gasteiger partial charge in [0.2, 0.25) is 0 Å². The van der Waals surface area contributed by atoms with E-state index in [1.165, 1.54) is 18.2 Å². The fourth-order valence-electron chi connectivity index (χ4n) is 2.43. The van der Waals surface area contributed by atoms with E-state index in [2.05, 4.69) is 0 Å². The van der Waals surface area contributed by atoms with Gasteiger partial charge in [0.1, 0.15) is 4.90 Å². The van der Waals surface area contributed by atoms with Crippen molar-refractivity contribution >= 4 is 38.9 Å². The fraction of sp³-hybridized carbons (Fsp3) is 0. The number of fused-ring (bicyclic) bond motifs is 1. The molecule has 0 aliphatic heterocycles. The van der Waals surface area contributed by atoms with Gasteiger partial charge in [0.25, 0.3) is 10.1 Å². The van der Waals surface area contributed by atoms with Gasteiger partial charge < -0.3 is 0 Å². The Morgan fingerprint density at radius 3 is 2.13 bits per heavy atom. The second-order valence-electron chi connectivity index (χ2n) is 4.89. The molecule has 0 amide bonds. The molecule has 3 rings (SSSR count). The Bertz CT molecular complexity index is 989. The molecular weight excluding hydrogens is 340 g/mol. The molecule has 0 radical (unpaired) electrons. The molecule has 1 aliphatic carbocycles. The lowest BCUT2D eigenvalue weighted by Crippen LogP contribution is -2.16. The molecule has 0 saturated heterocycles. The zero-order valence-electron chi connectivity index (χ0n) is 11.5. The smallest absolute Gasteiger partial charge is 0.289 e. The number of rotatable bonds is 2. The molecule has 0 spiro atoms. The number of hydrogen-bond acceptors (Lipinski definition) is 4. The van der Waals surface area contributed by atoms with Gasteiger partial charge in [0, 0.05) is 22.3 Å². The highest BCUT2D eigenvalue weighted by molar-refractivity contribution is 7.86. The quantitative estimate of drug-likeness (QED) is 0.842. The number of carbonyl (C=O) groups excluding carboxylic acids is 2. The van der Waals surface area contributed by atoms with Crippen molar-refractivity contribution in [2.24, 2.45) is 0 Å². The molecule has 1 aliphatic rings. The van der Waals surface area contributed by atoms with Crippen LogP contribution in [0.1, 0.15) is 26.3 Å². The highest BCUT2D eigenvalue weighted by atomic mass is 35.5. The molecular formula is C16H9ClO5S. The van der Waals surface area contributed by atoms with Gasteiger partial charge in [-0.05, 0) is 12.1 Å². The maximum Gasteiger partial charge on any atom is 0.296 e. The summed E-state index contributed by atoms with van der Waals surface area (Å²) >= 11 is 6.02. The summed E-state index contributed by atoms with van der Waals surface area (Å²) in [7, 11) is -4.54. The number of benzene rings is 2. The number of allylic oxidation sites excluding steroid dienone is 2. The normalized spacial score (nSPS) is 14.4. The Labute approximate surface area is 137 Å². The average Bonchev–Trinajstić information content (AvgIpc) is 2.50. The molecule has 2 aromatic carbocycles. The minimum Gasteiger partial charge on any atom is -0.289 e. The number of hydrogen-bond donors (Lipinski definition) is 1. The summed E-state index contributed by atoms with van der Waals surface area (Å²) in [6.45, 7) is 0. The lowest BCUT2D eigenvalue weighted by atomic mass is 9.86. The van der Waals surface area contributed by atoms with Gasteiger partial charge >= 0.3 is 0 Å². The lowest BCUT2D eigenvalue weighted by molar-refractivity contribution is 0.100. The van der Waals surface area contributed by atoms with Crippen LogP contribution < -0.4 is 0 Å². The van der Waals surface area contributed by atoms with Gasteiger partial charge in [-0.2, -0.15) is 8.42 Å². The van der Waals surface area contributed by atoms with E-state index in [9.17, 15) is 22.6 Å². The first-order valence-electron chi connectivity index (χ1n) is 6.47. The minimum atomic E-state index is -4.54. The van der Waals surface area contributed by atoms with E-state index in [4.69, 9.17) is 11.6 Å². The predicted molar refractivity (Wildman–Crippen MR) is 84.3 cm³/mol. The summed E-state index contributed by atoms with van der Waals surface area (Å²) in [5.74, 6) is -0.807. The number of Topliss-reactive ketones (excluding diaryl/α,β-unsaturated/α-hetero) is 1. The third kappa shape index (κ3) is 2.61. The monoisotopic (exact) mass is 348 g/mol. The Balaban J connectivity index is 2.22. The van der Waals surface area contributed by atoms with Gasteiger partial charge in [-0.25, -0.2) is 0 Å². The summed E-state index contributed by atoms with van der Waals surface area (Å²) in [4.78, 5) is 24.2. The molecule has 0 aromatic heterocycles. The van der Waals surface area contributed by atoms with Crippen LogP contribution in [0.4, 0.5) is 0 Å². The van der Waals surface area contributed by atoms with Gasteiger partial charge in [-0.3, -0.25) is 14.1 Å². The maximum atomic E-state index is 12.6. The van der Waals surface area contributed by atoms with Gasteiger partial charge in [-0.1, -0.05) is 48.0 Å². The van der Waals surface area contributed by atoms with Crippen molar-refractivity contribution < 1.29 is 22.6 Å². The molecule has 2 aromatic rings. The van der Waals surface area contributed by atoms with Crippen LogP contribution in [0.15, 0.2) is 53.4 Å². The number of ketones is 2. The standard InChI is InChI=1S/C16H9ClO5S/c17-15-10(6-3-7-14(15)23(20,21)22)12-8-13(18)9-4-1-2-5-11(9)16(12)19/h1-8H,(H,20,21,22). The van der Waals surface area contributed by atoms with E-state index in [0.717, 1.165) is 12.1 Å². The van der Waals surface area contributed by atoms with Crippen LogP contribution in [0, 0.1) is 0 Å². The molecule has 0 heterocycles. The van der Waals surface area contributed by atoms with E-state index < -0.39 is 20.8 Å². The third-order valence-electron chi connectivity index (χ3n) is 3.49. The summed E-state index contributed by atoms with van der Waals surface area (Å²) in [5.41, 5.74) is 0.575. The largest absolute Gasteiger partial charge is 0.296 e. The van der Waals surface area contributed by atoms with E-state index in [1.807, 2.05) is 0 Å². The van der Waals surface area contributed by atoms with Crippen molar-refractivity contribution in [2.75, 3.05) is 0 Å². The molecule has 7 heteroatoms. The van der Waals surface area contributed by atoms with Gasteiger partial charge in [0.05, 0.1) is 5.02 Å². The summed E-state index contributed by atoms with van der Waals surface area (Å²) in [6.07, 6.45) is 1.12. The molecule has 0 unspecified atom stereocenters. The van der Waals surface area contributed by atoms with Crippen LogP contribution in [0.3, 0.4) is 0 Å². The lowest BCUT2D eigenvalue weighted by Gasteiger charge is -2.16. The maximum absolute atomic E-state index is 12.6. The van der Waals surface area contributed by atoms with E-state index in [-0.39, 0.29) is 33.1 Å². The molecule has 0 bridgehead atoms. The fourth-order valence-corrected chi connectivity index (χ4v) is 3.54. The summed E-state index contributed by atoms with van der Waals surface area (Å²) < 4.78 is 31.9. The Morgan fingerprint density at radius 2 is 1.48 bits per heavy atom. The van der Waals surface area contributed by atoms with E-state index in [1.54, 1.807) is 18.2 Å². The highest BCUT2D eigenvalue weighted by Crippen LogP contribution is 2.34. The summed E-state index contributed by atoms with van der Waals surface area (Å²) in [6, 6.07) is 10.2. The van der Waals surface area contributed by atoms with Gasteiger partial charge in [0.15, 0.2) is 11.6 Å². The molecule has 0 saturated carbocycles. The molecule has 5 nitrogen and oxygen atoms in total. The molecule has 0 fully saturated rings. The van der Waals surface area contributed by atoms with Crippen molar-refractivity contribution in [3.63, 3.8) is 0 Å². The third-order valence-corrected chi connectivity index (χ3v) is 4.90. The Morgan fingerprint density at radius 1 is 0.870 bits per heavy atom. The molecule has 23 heavy (non-hydrogen) atoms. The van der Waals surface area contributed by atoms with Crippen molar-refractivity contribution in [3.05, 3.63) is 70.3 Å². The average molecular weight is 349 g/mol. The van der Waals surface area contributed by atoms with Crippen LogP contribution in [0.5, 0.6) is 0 Å². The van der Waals surface area contributed by atoms with Crippen LogP contribution in [0.2, 0.25) is 5.02 Å². The minimum absolute atomic E-state index is 0.01000. The molecule has 116 valence electrons. The van der Waals surface area contributed by atoms with Crippen molar-refractivity contribution in [1.29, 1.82) is 0 Å². The highest BCUT2D eigenvalue weighted by Gasteiger charge is 2.28. The van der Waals surface area contributed by atoms with Crippen LogP contribution >= 0.6 is 11.6 Å². The SMILES string of the molecule is O=C1C=C(c2cccc(S(=O)(=O)O)c2Cl)C(=O)c2ccccc21. The van der Waals surface area contributed by atoms with Gasteiger partial charge in [-0.15, -0.1) is 0 Å². The second kappa shape index (κ2) is 5.42. The first-order chi connectivity index (χ1) is 10.8.